The summed E-state index contributed by atoms with van der Waals surface area (Å²) in [5.41, 5.74) is -0.814. The summed E-state index contributed by atoms with van der Waals surface area (Å²) < 4.78 is 12.9. The molecule has 4 nitrogen and oxygen atoms in total. The summed E-state index contributed by atoms with van der Waals surface area (Å²) in [5, 5.41) is 11.4. The molecule has 1 aromatic rings. The van der Waals surface area contributed by atoms with Crippen molar-refractivity contribution in [1.29, 1.82) is 0 Å². The molecule has 0 spiro atoms. The maximum Gasteiger partial charge on any atom is 0.337 e. The lowest BCUT2D eigenvalue weighted by molar-refractivity contribution is -0.123. The third-order valence-electron chi connectivity index (χ3n) is 2.14. The number of nitrogens with one attached hydrogen (secondary N) is 1. The molecule has 0 bridgehead atoms. The summed E-state index contributed by atoms with van der Waals surface area (Å²) in [7, 11) is 0. The molecule has 0 saturated carbocycles. The van der Waals surface area contributed by atoms with E-state index in [1.807, 2.05) is 0 Å². The van der Waals surface area contributed by atoms with Crippen LogP contribution in [0.5, 0.6) is 0 Å². The fraction of sp³-hybridized carbons (Fsp3) is 0.333. The van der Waals surface area contributed by atoms with Crippen molar-refractivity contribution < 1.29 is 19.1 Å². The Morgan fingerprint density at radius 1 is 1.29 bits per heavy atom. The average molecular weight is 239 g/mol. The summed E-state index contributed by atoms with van der Waals surface area (Å²) in [5.74, 6) is -2.27. The van der Waals surface area contributed by atoms with Gasteiger partial charge in [0.15, 0.2) is 0 Å². The highest BCUT2D eigenvalue weighted by atomic mass is 19.1. The van der Waals surface area contributed by atoms with Crippen LogP contribution in [0.4, 0.5) is 10.1 Å². The molecule has 1 rings (SSSR count). The number of amides is 1. The van der Waals surface area contributed by atoms with E-state index < -0.39 is 17.2 Å². The second kappa shape index (κ2) is 4.53. The molecule has 1 aromatic carbocycles. The zero-order valence-electron chi connectivity index (χ0n) is 9.87. The van der Waals surface area contributed by atoms with Crippen molar-refractivity contribution in [3.05, 3.63) is 29.6 Å². The molecular weight excluding hydrogens is 225 g/mol. The number of carbonyl (C=O) groups excluding carboxylic acids is 1. The normalized spacial score (nSPS) is 11.1. The van der Waals surface area contributed by atoms with Crippen molar-refractivity contribution >= 4 is 17.6 Å². The highest BCUT2D eigenvalue weighted by Gasteiger charge is 2.23. The first-order valence-electron chi connectivity index (χ1n) is 5.06. The molecule has 2 N–H and O–H groups in total. The van der Waals surface area contributed by atoms with Crippen LogP contribution in [-0.4, -0.2) is 17.0 Å². The van der Waals surface area contributed by atoms with Crippen molar-refractivity contribution in [3.63, 3.8) is 0 Å². The van der Waals surface area contributed by atoms with Gasteiger partial charge in [0, 0.05) is 5.41 Å². The van der Waals surface area contributed by atoms with E-state index in [2.05, 4.69) is 5.32 Å². The fourth-order valence-corrected chi connectivity index (χ4v) is 1.11. The van der Waals surface area contributed by atoms with Gasteiger partial charge in [-0.3, -0.25) is 4.79 Å². The van der Waals surface area contributed by atoms with Crippen LogP contribution in [0.15, 0.2) is 18.2 Å². The predicted molar refractivity (Wildman–Crippen MR) is 61.4 cm³/mol. The smallest absolute Gasteiger partial charge is 0.337 e. The summed E-state index contributed by atoms with van der Waals surface area (Å²) in [4.78, 5) is 22.6. The van der Waals surface area contributed by atoms with E-state index in [9.17, 15) is 14.0 Å². The van der Waals surface area contributed by atoms with Crippen molar-refractivity contribution in [1.82, 2.24) is 0 Å². The summed E-state index contributed by atoms with van der Waals surface area (Å²) in [6.45, 7) is 5.10. The van der Waals surface area contributed by atoms with Crippen LogP contribution in [0.25, 0.3) is 0 Å². The van der Waals surface area contributed by atoms with Gasteiger partial charge in [0.1, 0.15) is 5.82 Å². The molecule has 1 amide bonds. The molecule has 0 heterocycles. The standard InChI is InChI=1S/C12H14FNO3/c1-12(2,3)11(17)14-9-5-4-7(13)6-8(9)10(15)16/h4-6H,1-3H3,(H,14,17)(H,15,16). The highest BCUT2D eigenvalue weighted by Crippen LogP contribution is 2.21. The van der Waals surface area contributed by atoms with Crippen molar-refractivity contribution in [2.45, 2.75) is 20.8 Å². The van der Waals surface area contributed by atoms with Gasteiger partial charge < -0.3 is 10.4 Å². The number of hydrogen-bond donors (Lipinski definition) is 2. The number of hydrogen-bond acceptors (Lipinski definition) is 2. The Balaban J connectivity index is 3.07. The number of anilines is 1. The van der Waals surface area contributed by atoms with Crippen LogP contribution >= 0.6 is 0 Å². The maximum absolute atomic E-state index is 12.9. The van der Waals surface area contributed by atoms with Gasteiger partial charge in [-0.1, -0.05) is 20.8 Å². The first kappa shape index (κ1) is 13.2. The maximum atomic E-state index is 12.9. The first-order chi connectivity index (χ1) is 7.71. The molecule has 0 fully saturated rings. The monoisotopic (exact) mass is 239 g/mol. The quantitative estimate of drug-likeness (QED) is 0.833. The van der Waals surface area contributed by atoms with Crippen molar-refractivity contribution in [3.8, 4) is 0 Å². The van der Waals surface area contributed by atoms with Crippen LogP contribution in [0, 0.1) is 11.2 Å². The number of carbonyl (C=O) groups is 2. The molecule has 92 valence electrons. The Bertz CT molecular complexity index is 463. The molecule has 17 heavy (non-hydrogen) atoms. The molecule has 0 unspecified atom stereocenters. The minimum atomic E-state index is -1.28. The van der Waals surface area contributed by atoms with Gasteiger partial charge in [0.2, 0.25) is 5.91 Å². The molecule has 0 atom stereocenters. The second-order valence-electron chi connectivity index (χ2n) is 4.70. The lowest BCUT2D eigenvalue weighted by atomic mass is 9.95. The third-order valence-corrected chi connectivity index (χ3v) is 2.14. The number of halogens is 1. The minimum absolute atomic E-state index is 0.0961. The Morgan fingerprint density at radius 3 is 2.35 bits per heavy atom. The molecule has 0 radical (unpaired) electrons. The fourth-order valence-electron chi connectivity index (χ4n) is 1.11. The summed E-state index contributed by atoms with van der Waals surface area (Å²) in [6.07, 6.45) is 0. The Morgan fingerprint density at radius 2 is 1.88 bits per heavy atom. The summed E-state index contributed by atoms with van der Waals surface area (Å²) >= 11 is 0. The largest absolute Gasteiger partial charge is 0.478 e. The Hall–Kier alpha value is -1.91. The minimum Gasteiger partial charge on any atom is -0.478 e. The molecule has 0 aliphatic heterocycles. The van der Waals surface area contributed by atoms with Gasteiger partial charge in [-0.15, -0.1) is 0 Å². The zero-order valence-corrected chi connectivity index (χ0v) is 9.87. The van der Waals surface area contributed by atoms with Crippen LogP contribution < -0.4 is 5.32 Å². The van der Waals surface area contributed by atoms with Gasteiger partial charge in [-0.25, -0.2) is 9.18 Å². The second-order valence-corrected chi connectivity index (χ2v) is 4.70. The predicted octanol–water partition coefficient (Wildman–Crippen LogP) is 2.51. The van der Waals surface area contributed by atoms with Gasteiger partial charge in [0.25, 0.3) is 0 Å². The van der Waals surface area contributed by atoms with Gasteiger partial charge in [0.05, 0.1) is 11.3 Å². The van der Waals surface area contributed by atoms with Crippen LogP contribution in [0.2, 0.25) is 0 Å². The topological polar surface area (TPSA) is 66.4 Å². The van der Waals surface area contributed by atoms with Gasteiger partial charge in [-0.2, -0.15) is 0 Å². The van der Waals surface area contributed by atoms with Crippen LogP contribution in [0.1, 0.15) is 31.1 Å². The lowest BCUT2D eigenvalue weighted by Crippen LogP contribution is -2.28. The van der Waals surface area contributed by atoms with Gasteiger partial charge >= 0.3 is 5.97 Å². The van der Waals surface area contributed by atoms with E-state index in [0.29, 0.717) is 0 Å². The molecule has 0 aliphatic rings. The molecule has 0 saturated heterocycles. The molecular formula is C12H14FNO3. The number of benzene rings is 1. The summed E-state index contributed by atoms with van der Waals surface area (Å²) in [6, 6.07) is 3.22. The number of rotatable bonds is 2. The van der Waals surface area contributed by atoms with E-state index in [-0.39, 0.29) is 17.2 Å². The van der Waals surface area contributed by atoms with E-state index in [1.165, 1.54) is 6.07 Å². The van der Waals surface area contributed by atoms with Gasteiger partial charge in [-0.05, 0) is 18.2 Å². The van der Waals surface area contributed by atoms with Crippen molar-refractivity contribution in [2.75, 3.05) is 5.32 Å². The average Bonchev–Trinajstić information content (AvgIpc) is 2.18. The first-order valence-corrected chi connectivity index (χ1v) is 5.06. The zero-order chi connectivity index (χ0) is 13.2. The highest BCUT2D eigenvalue weighted by molar-refractivity contribution is 6.01. The number of carboxylic acid groups (broad SMARTS) is 1. The van der Waals surface area contributed by atoms with E-state index in [1.54, 1.807) is 20.8 Å². The van der Waals surface area contributed by atoms with E-state index >= 15 is 0 Å². The molecule has 5 heteroatoms. The third kappa shape index (κ3) is 3.27. The van der Waals surface area contributed by atoms with Crippen LogP contribution in [-0.2, 0) is 4.79 Å². The SMILES string of the molecule is CC(C)(C)C(=O)Nc1ccc(F)cc1C(=O)O. The van der Waals surface area contributed by atoms with E-state index in [4.69, 9.17) is 5.11 Å². The molecule has 0 aromatic heterocycles. The molecule has 0 aliphatic carbocycles. The Kier molecular flexibility index (Phi) is 3.50. The van der Waals surface area contributed by atoms with E-state index in [0.717, 1.165) is 12.1 Å². The number of aromatic carboxylic acids is 1. The Labute approximate surface area is 98.5 Å². The van der Waals surface area contributed by atoms with Crippen LogP contribution in [0.3, 0.4) is 0 Å². The lowest BCUT2D eigenvalue weighted by Gasteiger charge is -2.18. The van der Waals surface area contributed by atoms with Crippen molar-refractivity contribution in [2.24, 2.45) is 5.41 Å². The number of carboxylic acids is 1.